The molecule has 0 radical (unpaired) electrons. The van der Waals surface area contributed by atoms with Crippen LogP contribution in [0.25, 0.3) is 0 Å². The van der Waals surface area contributed by atoms with E-state index in [1.54, 1.807) is 13.8 Å². The van der Waals surface area contributed by atoms with Crippen LogP contribution >= 0.6 is 0 Å². The van der Waals surface area contributed by atoms with Gasteiger partial charge in [0, 0.05) is 12.8 Å². The summed E-state index contributed by atoms with van der Waals surface area (Å²) in [6.07, 6.45) is -10.6. The summed E-state index contributed by atoms with van der Waals surface area (Å²) in [5.74, 6) is 0.511. The monoisotopic (exact) mass is 905 g/mol. The topological polar surface area (TPSA) is 0 Å². The van der Waals surface area contributed by atoms with Gasteiger partial charge in [0.05, 0.1) is 0 Å². The molecule has 0 aromatic rings. The van der Waals surface area contributed by atoms with E-state index in [0.717, 1.165) is 30.1 Å². The summed E-state index contributed by atoms with van der Waals surface area (Å²) >= 11 is 0. The van der Waals surface area contributed by atoms with E-state index in [2.05, 4.69) is 125 Å². The normalized spacial score (nSPS) is 12.0. The molecule has 0 aromatic carbocycles. The lowest BCUT2D eigenvalue weighted by Crippen LogP contribution is -2.36. The number of hydrogen-bond acceptors (Lipinski definition) is 0. The van der Waals surface area contributed by atoms with Gasteiger partial charge in [0.25, 0.3) is 0 Å². The summed E-state index contributed by atoms with van der Waals surface area (Å²) in [5, 5.41) is 0. The van der Waals surface area contributed by atoms with Crippen molar-refractivity contribution in [2.45, 2.75) is 267 Å². The standard InChI is InChI=1S/C6H8F6.2C6H11F3.5C6H14/c1-2-3-4(5(7,8)9)6(10,11)12;1-5(2)3-4-6(7,8)9;1-2-3-4-5-6(7,8)9;2*1-5-6(2,3)4;1-5(2)6(3)4;1-4-5-6(2)3;1-4-6(3)5-2/h4H,2-3H2,1H3;5H,3-4H2,1-2H3;2-5H2,1H3;2*5H2,1-4H3;5-6H,1-4H3;2*6H,4-5H2,1-3H3. The third kappa shape index (κ3) is 96.8. The van der Waals surface area contributed by atoms with Crippen LogP contribution in [0.15, 0.2) is 0 Å². The lowest BCUT2D eigenvalue weighted by molar-refractivity contribution is -0.285. The third-order valence-electron chi connectivity index (χ3n) is 9.15. The highest BCUT2D eigenvalue weighted by Crippen LogP contribution is 2.41. The van der Waals surface area contributed by atoms with Crippen molar-refractivity contribution in [1.82, 2.24) is 0 Å². The van der Waals surface area contributed by atoms with Crippen LogP contribution in [0.3, 0.4) is 0 Å². The van der Waals surface area contributed by atoms with Gasteiger partial charge in [0.2, 0.25) is 0 Å². The lowest BCUT2D eigenvalue weighted by atomic mass is 9.94. The Balaban J connectivity index is -0.0000000872. The average molecular weight is 905 g/mol. The van der Waals surface area contributed by atoms with E-state index < -0.39 is 49.9 Å². The first kappa shape index (κ1) is 76.5. The van der Waals surface area contributed by atoms with Gasteiger partial charge in [-0.3, -0.25) is 0 Å². The van der Waals surface area contributed by atoms with Gasteiger partial charge in [-0.1, -0.05) is 210 Å². The summed E-state index contributed by atoms with van der Waals surface area (Å²) in [7, 11) is 0. The van der Waals surface area contributed by atoms with E-state index in [9.17, 15) is 52.7 Å². The molecule has 0 rings (SSSR count). The van der Waals surface area contributed by atoms with Crippen molar-refractivity contribution in [3.8, 4) is 0 Å². The number of rotatable bonds is 12. The zero-order chi connectivity index (χ0) is 50.4. The fraction of sp³-hybridized carbons (Fsp3) is 1.00. The second kappa shape index (κ2) is 42.1. The molecule has 0 atom stereocenters. The minimum absolute atomic E-state index is 0.135. The van der Waals surface area contributed by atoms with Gasteiger partial charge >= 0.3 is 24.7 Å². The maximum Gasteiger partial charge on any atom is 0.400 e. The molecular formula is C48H100F12. The zero-order valence-electron chi connectivity index (χ0n) is 42.9. The fourth-order valence-corrected chi connectivity index (χ4v) is 2.70. The lowest BCUT2D eigenvalue weighted by Gasteiger charge is -2.21. The number of alkyl halides is 12. The van der Waals surface area contributed by atoms with Crippen LogP contribution in [0.1, 0.15) is 242 Å². The van der Waals surface area contributed by atoms with Gasteiger partial charge in [-0.05, 0) is 59.7 Å². The Morgan fingerprint density at radius 3 is 0.733 bits per heavy atom. The Hall–Kier alpha value is -0.840. The minimum atomic E-state index is -5.17. The zero-order valence-corrected chi connectivity index (χ0v) is 42.9. The molecule has 0 N–H and O–H groups in total. The van der Waals surface area contributed by atoms with Crippen molar-refractivity contribution in [3.63, 3.8) is 0 Å². The molecule has 60 heavy (non-hydrogen) atoms. The van der Waals surface area contributed by atoms with Crippen LogP contribution in [0, 0.1) is 46.3 Å². The largest absolute Gasteiger partial charge is 0.400 e. The van der Waals surface area contributed by atoms with E-state index in [0.29, 0.717) is 17.3 Å². The van der Waals surface area contributed by atoms with E-state index in [4.69, 9.17) is 0 Å². The first-order valence-corrected chi connectivity index (χ1v) is 22.8. The van der Waals surface area contributed by atoms with Gasteiger partial charge in [-0.25, -0.2) is 0 Å². The van der Waals surface area contributed by atoms with Crippen LogP contribution in [-0.2, 0) is 0 Å². The van der Waals surface area contributed by atoms with E-state index in [1.165, 1.54) is 45.4 Å². The van der Waals surface area contributed by atoms with Crippen LogP contribution in [0.2, 0.25) is 0 Å². The molecule has 0 saturated carbocycles. The predicted molar refractivity (Wildman–Crippen MR) is 239 cm³/mol. The average Bonchev–Trinajstić information content (AvgIpc) is 3.05. The van der Waals surface area contributed by atoms with Crippen LogP contribution in [0.4, 0.5) is 52.7 Å². The number of hydrogen-bond donors (Lipinski definition) is 0. The highest BCUT2D eigenvalue weighted by molar-refractivity contribution is 4.74. The molecule has 12 heteroatoms. The van der Waals surface area contributed by atoms with Gasteiger partial charge in [-0.15, -0.1) is 0 Å². The Bertz CT molecular complexity index is 768. The summed E-state index contributed by atoms with van der Waals surface area (Å²) < 4.78 is 138. The second-order valence-corrected chi connectivity index (χ2v) is 19.5. The number of halogens is 12. The molecule has 0 aliphatic carbocycles. The summed E-state index contributed by atoms with van der Waals surface area (Å²) in [5.41, 5.74) is 1.08. The van der Waals surface area contributed by atoms with Crippen LogP contribution < -0.4 is 0 Å². The summed E-state index contributed by atoms with van der Waals surface area (Å²) in [6, 6.07) is 0. The van der Waals surface area contributed by atoms with Crippen molar-refractivity contribution in [2.24, 2.45) is 46.3 Å². The molecule has 0 unspecified atom stereocenters. The number of unbranched alkanes of at least 4 members (excludes halogenated alkanes) is 2. The molecule has 0 spiro atoms. The molecule has 0 aliphatic rings. The van der Waals surface area contributed by atoms with Gasteiger partial charge in [0.1, 0.15) is 0 Å². The molecule has 0 aromatic heterocycles. The van der Waals surface area contributed by atoms with Crippen LogP contribution in [-0.4, -0.2) is 24.7 Å². The van der Waals surface area contributed by atoms with Crippen molar-refractivity contribution < 1.29 is 52.7 Å². The van der Waals surface area contributed by atoms with Crippen LogP contribution in [0.5, 0.6) is 0 Å². The Morgan fingerprint density at radius 1 is 0.367 bits per heavy atom. The second-order valence-electron chi connectivity index (χ2n) is 19.5. The first-order valence-electron chi connectivity index (χ1n) is 22.8. The van der Waals surface area contributed by atoms with Gasteiger partial charge < -0.3 is 0 Å². The SMILES string of the molecule is CC(C)C(C)C.CC(C)CCC(F)(F)F.CCC(C)(C)C.CCC(C)(C)C.CCC(C)CC.CCCC(C(F)(F)F)C(F)(F)F.CCCC(C)C.CCCCCC(F)(F)F. The molecule has 376 valence electrons. The Kier molecular flexibility index (Phi) is 53.7. The van der Waals surface area contributed by atoms with Crippen molar-refractivity contribution in [2.75, 3.05) is 0 Å². The summed E-state index contributed by atoms with van der Waals surface area (Å²) in [6.45, 7) is 47.0. The Morgan fingerprint density at radius 2 is 0.650 bits per heavy atom. The highest BCUT2D eigenvalue weighted by Gasteiger charge is 2.55. The molecule has 0 aliphatic heterocycles. The molecule has 0 amide bonds. The highest BCUT2D eigenvalue weighted by atomic mass is 19.4. The molecular weight excluding hydrogens is 805 g/mol. The van der Waals surface area contributed by atoms with E-state index in [1.807, 2.05) is 6.92 Å². The maximum absolute atomic E-state index is 11.7. The fourth-order valence-electron chi connectivity index (χ4n) is 2.70. The quantitative estimate of drug-likeness (QED) is 0.135. The first-order chi connectivity index (χ1) is 26.5. The minimum Gasteiger partial charge on any atom is -0.171 e. The van der Waals surface area contributed by atoms with Crippen molar-refractivity contribution in [1.29, 1.82) is 0 Å². The molecule has 0 nitrogen and oxygen atoms in total. The maximum atomic E-state index is 11.7. The van der Waals surface area contributed by atoms with Crippen molar-refractivity contribution in [3.05, 3.63) is 0 Å². The molecule has 0 bridgehead atoms. The Labute approximate surface area is 365 Å². The van der Waals surface area contributed by atoms with Gasteiger partial charge in [-0.2, -0.15) is 52.7 Å². The van der Waals surface area contributed by atoms with Crippen molar-refractivity contribution >= 4 is 0 Å². The molecule has 0 fully saturated rings. The third-order valence-corrected chi connectivity index (χ3v) is 9.15. The molecule has 0 heterocycles. The smallest absolute Gasteiger partial charge is 0.171 e. The van der Waals surface area contributed by atoms with E-state index in [-0.39, 0.29) is 25.2 Å². The molecule has 0 saturated heterocycles. The predicted octanol–water partition coefficient (Wildman–Crippen LogP) is 21.7. The van der Waals surface area contributed by atoms with Gasteiger partial charge in [0.15, 0.2) is 5.92 Å². The van der Waals surface area contributed by atoms with E-state index >= 15 is 0 Å². The summed E-state index contributed by atoms with van der Waals surface area (Å²) in [4.78, 5) is 0.